The highest BCUT2D eigenvalue weighted by Crippen LogP contribution is 2.29. The van der Waals surface area contributed by atoms with Gasteiger partial charge in [-0.2, -0.15) is 0 Å². The Kier molecular flexibility index (Phi) is 3.48. The molecule has 0 N–H and O–H groups in total. The van der Waals surface area contributed by atoms with Crippen LogP contribution in [0.15, 0.2) is 23.2 Å². The first-order valence-corrected chi connectivity index (χ1v) is 7.68. The van der Waals surface area contributed by atoms with Gasteiger partial charge in [0.05, 0.1) is 0 Å². The third kappa shape index (κ3) is 2.48. The van der Waals surface area contributed by atoms with E-state index in [2.05, 4.69) is 44.6 Å². The van der Waals surface area contributed by atoms with Crippen LogP contribution in [0, 0.1) is 11.8 Å². The number of anilines is 1. The van der Waals surface area contributed by atoms with Crippen LogP contribution in [-0.4, -0.2) is 27.5 Å². The SMILES string of the molecule is CC(C)C1CCN(c2nc(Br)cn3ccnc23)CC1. The van der Waals surface area contributed by atoms with Crippen molar-refractivity contribution >= 4 is 27.4 Å². The van der Waals surface area contributed by atoms with E-state index in [-0.39, 0.29) is 0 Å². The van der Waals surface area contributed by atoms with Crippen LogP contribution in [0.25, 0.3) is 5.65 Å². The van der Waals surface area contributed by atoms with Crippen LogP contribution in [0.1, 0.15) is 26.7 Å². The number of hydrogen-bond donors (Lipinski definition) is 0. The maximum Gasteiger partial charge on any atom is 0.180 e. The average molecular weight is 323 g/mol. The lowest BCUT2D eigenvalue weighted by atomic mass is 9.87. The Hall–Kier alpha value is -1.10. The highest BCUT2D eigenvalue weighted by Gasteiger charge is 2.24. The number of nitrogens with zero attached hydrogens (tertiary/aromatic N) is 4. The smallest absolute Gasteiger partial charge is 0.180 e. The first kappa shape index (κ1) is 12.9. The van der Waals surface area contributed by atoms with Crippen LogP contribution in [-0.2, 0) is 0 Å². The Morgan fingerprint density at radius 3 is 2.74 bits per heavy atom. The number of piperidine rings is 1. The monoisotopic (exact) mass is 322 g/mol. The number of hydrogen-bond acceptors (Lipinski definition) is 3. The van der Waals surface area contributed by atoms with Crippen LogP contribution in [0.3, 0.4) is 0 Å². The first-order chi connectivity index (χ1) is 9.15. The molecule has 1 aliphatic rings. The fourth-order valence-corrected chi connectivity index (χ4v) is 3.26. The van der Waals surface area contributed by atoms with Crippen molar-refractivity contribution in [2.24, 2.45) is 11.8 Å². The molecule has 0 spiro atoms. The van der Waals surface area contributed by atoms with Gasteiger partial charge in [-0.3, -0.25) is 0 Å². The number of aromatic nitrogens is 3. The summed E-state index contributed by atoms with van der Waals surface area (Å²) in [7, 11) is 0. The van der Waals surface area contributed by atoms with Crippen molar-refractivity contribution < 1.29 is 0 Å². The van der Waals surface area contributed by atoms with Gasteiger partial charge in [0.1, 0.15) is 4.60 Å². The molecule has 2 aromatic rings. The van der Waals surface area contributed by atoms with E-state index in [0.29, 0.717) is 0 Å². The lowest BCUT2D eigenvalue weighted by molar-refractivity contribution is 0.311. The normalized spacial score (nSPS) is 17.6. The van der Waals surface area contributed by atoms with Crippen molar-refractivity contribution in [1.82, 2.24) is 14.4 Å². The van der Waals surface area contributed by atoms with Crippen molar-refractivity contribution in [1.29, 1.82) is 0 Å². The molecule has 4 nitrogen and oxygen atoms in total. The molecule has 1 aliphatic heterocycles. The van der Waals surface area contributed by atoms with Gasteiger partial charge in [-0.15, -0.1) is 0 Å². The van der Waals surface area contributed by atoms with E-state index in [0.717, 1.165) is 41.0 Å². The number of halogens is 1. The summed E-state index contributed by atoms with van der Waals surface area (Å²) in [5.41, 5.74) is 0.950. The molecular formula is C14H19BrN4. The van der Waals surface area contributed by atoms with Crippen molar-refractivity contribution in [3.8, 4) is 0 Å². The minimum Gasteiger partial charge on any atom is -0.353 e. The van der Waals surface area contributed by atoms with Gasteiger partial charge in [-0.05, 0) is 40.6 Å². The number of fused-ring (bicyclic) bond motifs is 1. The lowest BCUT2D eigenvalue weighted by Crippen LogP contribution is -2.36. The molecule has 5 heteroatoms. The minimum atomic E-state index is 0.782. The molecule has 0 aromatic carbocycles. The van der Waals surface area contributed by atoms with Gasteiger partial charge in [0.15, 0.2) is 11.5 Å². The molecule has 0 atom stereocenters. The van der Waals surface area contributed by atoms with Gasteiger partial charge >= 0.3 is 0 Å². The summed E-state index contributed by atoms with van der Waals surface area (Å²) in [6, 6.07) is 0. The fourth-order valence-electron chi connectivity index (χ4n) is 2.88. The second kappa shape index (κ2) is 5.12. The molecule has 0 bridgehead atoms. The quantitative estimate of drug-likeness (QED) is 0.850. The van der Waals surface area contributed by atoms with Gasteiger partial charge < -0.3 is 9.30 Å². The Morgan fingerprint density at radius 2 is 2.05 bits per heavy atom. The Bertz CT molecular complexity index is 570. The van der Waals surface area contributed by atoms with Crippen molar-refractivity contribution in [3.63, 3.8) is 0 Å². The van der Waals surface area contributed by atoms with Crippen LogP contribution < -0.4 is 4.90 Å². The van der Waals surface area contributed by atoms with Crippen molar-refractivity contribution in [2.75, 3.05) is 18.0 Å². The van der Waals surface area contributed by atoms with Crippen molar-refractivity contribution in [3.05, 3.63) is 23.2 Å². The molecule has 0 saturated carbocycles. The van der Waals surface area contributed by atoms with E-state index in [1.54, 1.807) is 0 Å². The molecule has 0 unspecified atom stereocenters. The lowest BCUT2D eigenvalue weighted by Gasteiger charge is -2.34. The maximum atomic E-state index is 4.63. The van der Waals surface area contributed by atoms with E-state index >= 15 is 0 Å². The molecule has 0 radical (unpaired) electrons. The molecule has 1 fully saturated rings. The maximum absolute atomic E-state index is 4.63. The van der Waals surface area contributed by atoms with Gasteiger partial charge in [0, 0.05) is 31.7 Å². The highest BCUT2D eigenvalue weighted by molar-refractivity contribution is 9.10. The molecule has 2 aromatic heterocycles. The Balaban J connectivity index is 1.87. The molecular weight excluding hydrogens is 304 g/mol. The summed E-state index contributed by atoms with van der Waals surface area (Å²) in [4.78, 5) is 11.4. The zero-order valence-corrected chi connectivity index (χ0v) is 13.0. The molecule has 3 heterocycles. The fraction of sp³-hybridized carbons (Fsp3) is 0.571. The van der Waals surface area contributed by atoms with Gasteiger partial charge in [-0.1, -0.05) is 13.8 Å². The van der Waals surface area contributed by atoms with Crippen LogP contribution in [0.5, 0.6) is 0 Å². The molecule has 0 aliphatic carbocycles. The summed E-state index contributed by atoms with van der Waals surface area (Å²) < 4.78 is 2.89. The molecule has 1 saturated heterocycles. The third-order valence-electron chi connectivity index (χ3n) is 4.11. The molecule has 0 amide bonds. The number of rotatable bonds is 2. The predicted octanol–water partition coefficient (Wildman–Crippen LogP) is 3.36. The Labute approximate surface area is 122 Å². The molecule has 19 heavy (non-hydrogen) atoms. The van der Waals surface area contributed by atoms with E-state index in [1.807, 2.05) is 23.0 Å². The van der Waals surface area contributed by atoms with Gasteiger partial charge in [0.25, 0.3) is 0 Å². The topological polar surface area (TPSA) is 33.4 Å². The zero-order valence-electron chi connectivity index (χ0n) is 11.4. The standard InChI is InChI=1S/C14H19BrN4/c1-10(2)11-3-6-18(7-4-11)14-13-16-5-8-19(13)9-12(15)17-14/h5,8-11H,3-4,6-7H2,1-2H3. The zero-order chi connectivity index (χ0) is 13.4. The molecule has 102 valence electrons. The van der Waals surface area contributed by atoms with Gasteiger partial charge in [0.2, 0.25) is 0 Å². The Morgan fingerprint density at radius 1 is 1.32 bits per heavy atom. The predicted molar refractivity (Wildman–Crippen MR) is 80.5 cm³/mol. The van der Waals surface area contributed by atoms with Crippen molar-refractivity contribution in [2.45, 2.75) is 26.7 Å². The van der Waals surface area contributed by atoms with E-state index < -0.39 is 0 Å². The summed E-state index contributed by atoms with van der Waals surface area (Å²) in [5.74, 6) is 2.63. The highest BCUT2D eigenvalue weighted by atomic mass is 79.9. The minimum absolute atomic E-state index is 0.782. The molecule has 3 rings (SSSR count). The van der Waals surface area contributed by atoms with E-state index in [4.69, 9.17) is 0 Å². The van der Waals surface area contributed by atoms with Crippen LogP contribution in [0.4, 0.5) is 5.82 Å². The van der Waals surface area contributed by atoms with E-state index in [1.165, 1.54) is 12.8 Å². The van der Waals surface area contributed by atoms with Crippen LogP contribution in [0.2, 0.25) is 0 Å². The third-order valence-corrected chi connectivity index (χ3v) is 4.49. The summed E-state index contributed by atoms with van der Waals surface area (Å²) >= 11 is 3.48. The summed E-state index contributed by atoms with van der Waals surface area (Å²) in [6.45, 7) is 6.80. The number of imidazole rings is 1. The first-order valence-electron chi connectivity index (χ1n) is 6.89. The largest absolute Gasteiger partial charge is 0.353 e. The summed E-state index contributed by atoms with van der Waals surface area (Å²) in [6.07, 6.45) is 8.24. The second-order valence-corrected chi connectivity index (χ2v) is 6.43. The van der Waals surface area contributed by atoms with Gasteiger partial charge in [-0.25, -0.2) is 9.97 Å². The second-order valence-electron chi connectivity index (χ2n) is 5.61. The van der Waals surface area contributed by atoms with Crippen LogP contribution >= 0.6 is 15.9 Å². The van der Waals surface area contributed by atoms with E-state index in [9.17, 15) is 0 Å². The average Bonchev–Trinajstić information content (AvgIpc) is 2.85. The summed E-state index contributed by atoms with van der Waals surface area (Å²) in [5, 5.41) is 0.